The lowest BCUT2D eigenvalue weighted by Crippen LogP contribution is -2.25. The molecule has 3 heterocycles. The molecule has 1 N–H and O–H groups in total. The van der Waals surface area contributed by atoms with Crippen LogP contribution in [0.15, 0.2) is 303 Å². The van der Waals surface area contributed by atoms with Crippen molar-refractivity contribution in [1.29, 1.82) is 0 Å². The maximum absolute atomic E-state index is 14.5. The van der Waals surface area contributed by atoms with E-state index in [2.05, 4.69) is 189 Å². The predicted molar refractivity (Wildman–Crippen MR) is 504 cm³/mol. The molecule has 0 aliphatic rings. The lowest BCUT2D eigenvalue weighted by Gasteiger charge is -2.25. The van der Waals surface area contributed by atoms with Gasteiger partial charge in [0.1, 0.15) is 34.7 Å². The number of unbranched alkanes of at least 4 members (excludes halogenated alkanes) is 3. The summed E-state index contributed by atoms with van der Waals surface area (Å²) < 4.78 is 24.8. The molecule has 12 aromatic carbocycles. The molecule has 126 heavy (non-hydrogen) atoms. The van der Waals surface area contributed by atoms with Crippen LogP contribution in [0, 0.1) is 20.8 Å². The van der Waals surface area contributed by atoms with Crippen molar-refractivity contribution >= 4 is 29.5 Å². The molecular weight excluding hydrogens is 1580 g/mol. The Morgan fingerprint density at radius 1 is 0.341 bits per heavy atom. The molecule has 0 bridgehead atoms. The molecule has 0 aliphatic heterocycles. The summed E-state index contributed by atoms with van der Waals surface area (Å²) in [5.74, 6) is 2.08. The smallest absolute Gasteiger partial charge is 0.346 e. The summed E-state index contributed by atoms with van der Waals surface area (Å²) in [5, 5.41) is 10.9. The van der Waals surface area contributed by atoms with Crippen LogP contribution >= 0.6 is 11.6 Å². The Hall–Kier alpha value is -13.4. The Morgan fingerprint density at radius 2 is 0.643 bits per heavy atom. The van der Waals surface area contributed by atoms with Crippen molar-refractivity contribution < 1.29 is 33.7 Å². The van der Waals surface area contributed by atoms with E-state index >= 15 is 0 Å². The van der Waals surface area contributed by atoms with Gasteiger partial charge in [0.2, 0.25) is 0 Å². The topological polar surface area (TPSA) is 162 Å². The van der Waals surface area contributed by atoms with E-state index in [1.54, 1.807) is 31.4 Å². The maximum atomic E-state index is 14.5. The number of carbonyl (C=O) groups excluding carboxylic acids is 3. The van der Waals surface area contributed by atoms with Gasteiger partial charge in [0.25, 0.3) is 0 Å². The average molecular weight is 1690 g/mol. The number of methoxy groups -OCH3 is 1. The third-order valence-electron chi connectivity index (χ3n) is 23.3. The first-order chi connectivity index (χ1) is 61.5. The number of nitrogens with zero attached hydrogens (tertiary/aromatic N) is 9. The molecule has 638 valence electrons. The van der Waals surface area contributed by atoms with E-state index in [9.17, 15) is 19.5 Å². The van der Waals surface area contributed by atoms with Crippen LogP contribution in [-0.4, -0.2) is 73.5 Å². The lowest BCUT2D eigenvalue weighted by atomic mass is 10.0. The second-order valence-corrected chi connectivity index (χ2v) is 33.0. The van der Waals surface area contributed by atoms with Crippen LogP contribution < -0.4 is 9.47 Å². The number of rotatable bonds is 38. The molecule has 0 atom stereocenters. The average Bonchev–Trinajstić information content (AvgIpc) is 1.63. The lowest BCUT2D eigenvalue weighted by molar-refractivity contribution is 0.0396. The van der Waals surface area contributed by atoms with Crippen molar-refractivity contribution in [3.63, 3.8) is 0 Å². The Bertz CT molecular complexity index is 6200. The first-order valence-electron chi connectivity index (χ1n) is 43.8. The van der Waals surface area contributed by atoms with Gasteiger partial charge in [-0.3, -0.25) is 14.7 Å². The van der Waals surface area contributed by atoms with Crippen molar-refractivity contribution in [2.45, 2.75) is 159 Å². The fourth-order valence-electron chi connectivity index (χ4n) is 16.8. The number of aromatic hydroxyl groups is 1. The fourth-order valence-corrected chi connectivity index (χ4v) is 17.0. The van der Waals surface area contributed by atoms with Gasteiger partial charge < -0.3 is 33.0 Å². The first kappa shape index (κ1) is 87.5. The summed E-state index contributed by atoms with van der Waals surface area (Å²) in [6, 6.07) is 101. The zero-order valence-electron chi connectivity index (χ0n) is 72.9. The molecule has 0 saturated carbocycles. The van der Waals surface area contributed by atoms with Gasteiger partial charge in [-0.05, 0) is 145 Å². The molecule has 3 aromatic heterocycles. The summed E-state index contributed by atoms with van der Waals surface area (Å²) in [5.41, 5.74) is 21.2. The molecule has 0 saturated heterocycles. The molecule has 15 aromatic rings. The van der Waals surface area contributed by atoms with Crippen LogP contribution in [-0.2, 0) is 83.3 Å². The van der Waals surface area contributed by atoms with E-state index in [-0.39, 0.29) is 16.9 Å². The highest BCUT2D eigenvalue weighted by Gasteiger charge is 2.29. The highest BCUT2D eigenvalue weighted by Crippen LogP contribution is 2.38. The molecule has 0 spiro atoms. The number of ether oxygens (including phenoxy) is 3. The molecule has 16 nitrogen and oxygen atoms in total. The Morgan fingerprint density at radius 3 is 0.960 bits per heavy atom. The van der Waals surface area contributed by atoms with Gasteiger partial charge in [0.05, 0.1) is 58.0 Å². The van der Waals surface area contributed by atoms with E-state index in [0.29, 0.717) is 86.4 Å². The quantitative estimate of drug-likeness (QED) is 0.0221. The van der Waals surface area contributed by atoms with E-state index < -0.39 is 17.9 Å². The molecular formula is C109H108ClN9O7. The van der Waals surface area contributed by atoms with E-state index in [1.165, 1.54) is 0 Å². The van der Waals surface area contributed by atoms with E-state index in [1.807, 2.05) is 160 Å². The van der Waals surface area contributed by atoms with Crippen LogP contribution in [0.4, 0.5) is 0 Å². The SMILES string of the molecule is CCCCn1c(-c2ccccc2)nc(-c2ccccc2)c1CN(Cc1ccc(OC(=O)c2ccc(CN(Cc3ccc(OC)cc3)Cc3c(-c4ccccc4)nc(-c4ccccc4)n3CCCC)cc2C)cc1)Cc1ccc(C(=O)OC(=O)c2ccc(CN(Cc3ccc(O)cc3Cl)Cc3c(-c4ccccc4)nc(-c4ccccc4)n3CCCC)cc2C)c(C)c1. The summed E-state index contributed by atoms with van der Waals surface area (Å²) in [6.45, 7) is 19.3. The Kier molecular flexibility index (Phi) is 29.1. The number of benzene rings is 12. The number of phenolic OH excluding ortho intramolecular Hbond substituents is 1. The third-order valence-corrected chi connectivity index (χ3v) is 23.6. The van der Waals surface area contributed by atoms with Gasteiger partial charge in [-0.1, -0.05) is 300 Å². The van der Waals surface area contributed by atoms with E-state index in [0.717, 1.165) is 188 Å². The largest absolute Gasteiger partial charge is 0.508 e. The third kappa shape index (κ3) is 21.5. The Labute approximate surface area is 745 Å². The van der Waals surface area contributed by atoms with Gasteiger partial charge in [-0.15, -0.1) is 0 Å². The van der Waals surface area contributed by atoms with Gasteiger partial charge >= 0.3 is 17.9 Å². The van der Waals surface area contributed by atoms with Crippen molar-refractivity contribution in [2.75, 3.05) is 7.11 Å². The van der Waals surface area contributed by atoms with Gasteiger partial charge in [-0.25, -0.2) is 29.3 Å². The molecule has 0 radical (unpaired) electrons. The van der Waals surface area contributed by atoms with Gasteiger partial charge in [0.15, 0.2) is 0 Å². The molecule has 0 aliphatic carbocycles. The van der Waals surface area contributed by atoms with Gasteiger partial charge in [-0.2, -0.15) is 0 Å². The number of aryl methyl sites for hydroxylation is 3. The van der Waals surface area contributed by atoms with Crippen molar-refractivity contribution in [3.8, 4) is 85.2 Å². The number of imidazole rings is 3. The van der Waals surface area contributed by atoms with Crippen LogP contribution in [0.2, 0.25) is 5.02 Å². The summed E-state index contributed by atoms with van der Waals surface area (Å²) in [4.78, 5) is 66.8. The number of hydrogen-bond acceptors (Lipinski definition) is 13. The second-order valence-electron chi connectivity index (χ2n) is 32.6. The van der Waals surface area contributed by atoms with Crippen molar-refractivity contribution in [3.05, 3.63) is 392 Å². The summed E-state index contributed by atoms with van der Waals surface area (Å²) in [6.07, 6.45) is 5.90. The Balaban J connectivity index is 0.673. The molecule has 0 amide bonds. The van der Waals surface area contributed by atoms with Crippen molar-refractivity contribution in [2.24, 2.45) is 0 Å². The summed E-state index contributed by atoms with van der Waals surface area (Å²) >= 11 is 6.89. The zero-order chi connectivity index (χ0) is 87.4. The number of halogens is 1. The minimum absolute atomic E-state index is 0.0822. The van der Waals surface area contributed by atoms with Gasteiger partial charge in [0, 0.05) is 117 Å². The molecule has 0 fully saturated rings. The van der Waals surface area contributed by atoms with E-state index in [4.69, 9.17) is 40.8 Å². The zero-order valence-corrected chi connectivity index (χ0v) is 73.7. The minimum atomic E-state index is -0.754. The van der Waals surface area contributed by atoms with Crippen molar-refractivity contribution in [1.82, 2.24) is 43.4 Å². The molecule has 17 heteroatoms. The predicted octanol–water partition coefficient (Wildman–Crippen LogP) is 24.8. The fraction of sp³-hybridized carbons (Fsp3) is 0.229. The van der Waals surface area contributed by atoms with Crippen LogP contribution in [0.1, 0.15) is 158 Å². The second kappa shape index (κ2) is 41.9. The van der Waals surface area contributed by atoms with Crippen LogP contribution in [0.5, 0.6) is 17.2 Å². The normalized spacial score (nSPS) is 11.5. The summed E-state index contributed by atoms with van der Waals surface area (Å²) in [7, 11) is 1.69. The van der Waals surface area contributed by atoms with Crippen LogP contribution in [0.25, 0.3) is 67.9 Å². The monoisotopic (exact) mass is 1690 g/mol. The first-order valence-corrected chi connectivity index (χ1v) is 44.2. The number of aromatic nitrogens is 6. The highest BCUT2D eigenvalue weighted by atomic mass is 35.5. The van der Waals surface area contributed by atoms with Crippen LogP contribution in [0.3, 0.4) is 0 Å². The maximum Gasteiger partial charge on any atom is 0.346 e. The molecule has 15 rings (SSSR count). The highest BCUT2D eigenvalue weighted by molar-refractivity contribution is 6.31. The standard InChI is InChI=1S/C109H108ClN9O7/c1-8-11-60-117-98(101(84-32-20-14-21-33-84)111-104(117)87-38-26-17-27-39-87)73-114(67-79-44-53-92(124-7)54-45-79)69-81-48-57-94(76(4)63-81)107(121)125-93-55-46-80(47-56-93)68-115(74-99-102(85-34-22-15-23-35-85)112-105(118(99)61-12-9-2)88-40-28-18-29-41-88)70-82-49-58-95(77(5)64-82)108(122)126-109(123)96-59-50-83(65-78(96)6)71-116(72-90-51-52-91(120)66-97(90)110)75-100-103(86-36-24-16-25-37-86)113-106(119(100)62-13-10-3)89-42-30-19-31-43-89/h14-59,63-66,120H,8-13,60-62,67-75H2,1-7H3. The number of esters is 3. The number of hydrogen-bond donors (Lipinski definition) is 1. The minimum Gasteiger partial charge on any atom is -0.508 e. The number of phenols is 1. The number of carbonyl (C=O) groups is 3. The molecule has 0 unspecified atom stereocenters.